The summed E-state index contributed by atoms with van der Waals surface area (Å²) in [6.45, 7) is 0. The summed E-state index contributed by atoms with van der Waals surface area (Å²) in [5.41, 5.74) is 4.79. The lowest BCUT2D eigenvalue weighted by Crippen LogP contribution is -2.28. The number of amides is 1. The lowest BCUT2D eigenvalue weighted by atomic mass is 9.89. The molecular formula is C16H23N3O. The Kier molecular flexibility index (Phi) is 5.16. The van der Waals surface area contributed by atoms with Gasteiger partial charge in [0.2, 0.25) is 5.91 Å². The molecule has 1 aliphatic rings. The molecule has 0 heterocycles. The second-order valence-corrected chi connectivity index (χ2v) is 5.56. The molecule has 0 saturated heterocycles. The van der Waals surface area contributed by atoms with Crippen molar-refractivity contribution >= 4 is 17.8 Å². The molecule has 4 heteroatoms. The van der Waals surface area contributed by atoms with E-state index in [4.69, 9.17) is 0 Å². The second-order valence-electron chi connectivity index (χ2n) is 5.56. The summed E-state index contributed by atoms with van der Waals surface area (Å²) in [5, 5.41) is 4.05. The van der Waals surface area contributed by atoms with Crippen molar-refractivity contribution in [3.8, 4) is 0 Å². The van der Waals surface area contributed by atoms with Gasteiger partial charge in [-0.2, -0.15) is 5.10 Å². The summed E-state index contributed by atoms with van der Waals surface area (Å²) in [4.78, 5) is 13.9. The third-order valence-corrected chi connectivity index (χ3v) is 3.77. The summed E-state index contributed by atoms with van der Waals surface area (Å²) in [6.07, 6.45) is 7.27. The molecule has 1 aromatic carbocycles. The molecule has 1 aliphatic carbocycles. The first-order valence-corrected chi connectivity index (χ1v) is 7.27. The zero-order valence-electron chi connectivity index (χ0n) is 12.3. The van der Waals surface area contributed by atoms with E-state index in [1.807, 2.05) is 43.3 Å². The molecule has 0 bridgehead atoms. The maximum atomic E-state index is 11.9. The Hall–Kier alpha value is -1.84. The van der Waals surface area contributed by atoms with Gasteiger partial charge in [0.05, 0.1) is 6.21 Å². The summed E-state index contributed by atoms with van der Waals surface area (Å²) < 4.78 is 0. The lowest BCUT2D eigenvalue weighted by molar-refractivity contribution is -0.125. The minimum absolute atomic E-state index is 0.0610. The summed E-state index contributed by atoms with van der Waals surface area (Å²) in [6, 6.07) is 8.05. The van der Waals surface area contributed by atoms with Gasteiger partial charge in [-0.05, 0) is 30.5 Å². The molecule has 1 N–H and O–H groups in total. The highest BCUT2D eigenvalue weighted by atomic mass is 16.2. The number of hydrogen-bond acceptors (Lipinski definition) is 3. The van der Waals surface area contributed by atoms with Crippen LogP contribution in [0.25, 0.3) is 0 Å². The van der Waals surface area contributed by atoms with Gasteiger partial charge in [-0.1, -0.05) is 31.4 Å². The van der Waals surface area contributed by atoms with Crippen LogP contribution in [0, 0.1) is 5.92 Å². The molecule has 2 rings (SSSR count). The highest BCUT2D eigenvalue weighted by Crippen LogP contribution is 2.23. The molecule has 0 unspecified atom stereocenters. The molecule has 0 radical (unpaired) electrons. The van der Waals surface area contributed by atoms with Gasteiger partial charge in [0, 0.05) is 25.7 Å². The van der Waals surface area contributed by atoms with E-state index in [0.717, 1.165) is 36.9 Å². The van der Waals surface area contributed by atoms with Crippen LogP contribution in [-0.4, -0.2) is 26.2 Å². The quantitative estimate of drug-likeness (QED) is 0.677. The molecule has 1 saturated carbocycles. The van der Waals surface area contributed by atoms with Gasteiger partial charge in [-0.25, -0.2) is 5.43 Å². The molecule has 0 spiro atoms. The van der Waals surface area contributed by atoms with E-state index in [9.17, 15) is 4.79 Å². The van der Waals surface area contributed by atoms with Crippen LogP contribution in [0.3, 0.4) is 0 Å². The molecule has 1 fully saturated rings. The minimum Gasteiger partial charge on any atom is -0.378 e. The van der Waals surface area contributed by atoms with E-state index in [1.54, 1.807) is 6.21 Å². The number of rotatable bonds is 4. The number of anilines is 1. The number of nitrogens with one attached hydrogen (secondary N) is 1. The van der Waals surface area contributed by atoms with Crippen LogP contribution in [0.2, 0.25) is 0 Å². The van der Waals surface area contributed by atoms with E-state index in [1.165, 1.54) is 6.42 Å². The Labute approximate surface area is 120 Å². The van der Waals surface area contributed by atoms with Crippen LogP contribution in [0.4, 0.5) is 5.69 Å². The van der Waals surface area contributed by atoms with E-state index in [2.05, 4.69) is 10.5 Å². The molecule has 1 aromatic rings. The fourth-order valence-corrected chi connectivity index (χ4v) is 2.49. The molecular weight excluding hydrogens is 250 g/mol. The molecule has 0 aliphatic heterocycles. The van der Waals surface area contributed by atoms with Gasteiger partial charge in [-0.15, -0.1) is 0 Å². The average molecular weight is 273 g/mol. The van der Waals surface area contributed by atoms with Crippen molar-refractivity contribution in [2.75, 3.05) is 19.0 Å². The van der Waals surface area contributed by atoms with Crippen LogP contribution >= 0.6 is 0 Å². The number of hydrazone groups is 1. The fourth-order valence-electron chi connectivity index (χ4n) is 2.49. The third kappa shape index (κ3) is 4.08. The van der Waals surface area contributed by atoms with E-state index < -0.39 is 0 Å². The number of carbonyl (C=O) groups is 1. The standard InChI is InChI=1S/C16H23N3O/c1-19(2)15-10-8-13(9-11-15)12-17-18-16(20)14-6-4-3-5-7-14/h8-12,14H,3-7H2,1-2H3,(H,18,20). The summed E-state index contributed by atoms with van der Waals surface area (Å²) in [5.74, 6) is 0.211. The first kappa shape index (κ1) is 14.6. The first-order chi connectivity index (χ1) is 9.66. The number of benzene rings is 1. The van der Waals surface area contributed by atoms with Crippen molar-refractivity contribution in [3.05, 3.63) is 29.8 Å². The molecule has 1 amide bonds. The van der Waals surface area contributed by atoms with Gasteiger partial charge in [-0.3, -0.25) is 4.79 Å². The van der Waals surface area contributed by atoms with Gasteiger partial charge < -0.3 is 4.90 Å². The Morgan fingerprint density at radius 1 is 1.20 bits per heavy atom. The molecule has 108 valence electrons. The highest BCUT2D eigenvalue weighted by molar-refractivity contribution is 5.83. The van der Waals surface area contributed by atoms with Crippen molar-refractivity contribution in [1.82, 2.24) is 5.43 Å². The summed E-state index contributed by atoms with van der Waals surface area (Å²) in [7, 11) is 4.01. The highest BCUT2D eigenvalue weighted by Gasteiger charge is 2.20. The van der Waals surface area contributed by atoms with Crippen LogP contribution in [0.1, 0.15) is 37.7 Å². The smallest absolute Gasteiger partial charge is 0.243 e. The van der Waals surface area contributed by atoms with E-state index >= 15 is 0 Å². The SMILES string of the molecule is CN(C)c1ccc(C=NNC(=O)C2CCCCC2)cc1. The number of nitrogens with zero attached hydrogens (tertiary/aromatic N) is 2. The Bertz CT molecular complexity index is 459. The first-order valence-electron chi connectivity index (χ1n) is 7.27. The second kappa shape index (κ2) is 7.08. The Balaban J connectivity index is 1.84. The Morgan fingerprint density at radius 2 is 1.85 bits per heavy atom. The van der Waals surface area contributed by atoms with Crippen molar-refractivity contribution in [2.24, 2.45) is 11.0 Å². The lowest BCUT2D eigenvalue weighted by Gasteiger charge is -2.19. The molecule has 0 atom stereocenters. The largest absolute Gasteiger partial charge is 0.378 e. The zero-order chi connectivity index (χ0) is 14.4. The van der Waals surface area contributed by atoms with Crippen LogP contribution in [0.15, 0.2) is 29.4 Å². The van der Waals surface area contributed by atoms with Crippen molar-refractivity contribution in [2.45, 2.75) is 32.1 Å². The van der Waals surface area contributed by atoms with Gasteiger partial charge in [0.15, 0.2) is 0 Å². The average Bonchev–Trinajstić information content (AvgIpc) is 2.48. The molecule has 4 nitrogen and oxygen atoms in total. The third-order valence-electron chi connectivity index (χ3n) is 3.77. The van der Waals surface area contributed by atoms with Gasteiger partial charge >= 0.3 is 0 Å². The zero-order valence-corrected chi connectivity index (χ0v) is 12.3. The predicted molar refractivity (Wildman–Crippen MR) is 83.1 cm³/mol. The normalized spacial score (nSPS) is 16.3. The van der Waals surface area contributed by atoms with Crippen LogP contribution < -0.4 is 10.3 Å². The van der Waals surface area contributed by atoms with Gasteiger partial charge in [0.1, 0.15) is 0 Å². The maximum absolute atomic E-state index is 11.9. The van der Waals surface area contributed by atoms with Crippen molar-refractivity contribution < 1.29 is 4.79 Å². The maximum Gasteiger partial charge on any atom is 0.243 e. The number of carbonyl (C=O) groups excluding carboxylic acids is 1. The van der Waals surface area contributed by atoms with Crippen LogP contribution in [-0.2, 0) is 4.79 Å². The molecule has 20 heavy (non-hydrogen) atoms. The fraction of sp³-hybridized carbons (Fsp3) is 0.500. The van der Waals surface area contributed by atoms with Crippen molar-refractivity contribution in [3.63, 3.8) is 0 Å². The van der Waals surface area contributed by atoms with Gasteiger partial charge in [0.25, 0.3) is 0 Å². The van der Waals surface area contributed by atoms with Crippen LogP contribution in [0.5, 0.6) is 0 Å². The number of hydrogen-bond donors (Lipinski definition) is 1. The topological polar surface area (TPSA) is 44.7 Å². The van der Waals surface area contributed by atoms with E-state index in [-0.39, 0.29) is 11.8 Å². The minimum atomic E-state index is 0.0610. The predicted octanol–water partition coefficient (Wildman–Crippen LogP) is 2.78. The summed E-state index contributed by atoms with van der Waals surface area (Å²) >= 11 is 0. The van der Waals surface area contributed by atoms with Crippen molar-refractivity contribution in [1.29, 1.82) is 0 Å². The monoisotopic (exact) mass is 273 g/mol. The molecule has 0 aromatic heterocycles. The Morgan fingerprint density at radius 3 is 2.45 bits per heavy atom. The van der Waals surface area contributed by atoms with E-state index in [0.29, 0.717) is 0 Å².